The van der Waals surface area contributed by atoms with E-state index in [1.54, 1.807) is 0 Å². The standard InChI is InChI=1S/C14H29N3O2/c1-14(2,3)13(19)17-11-10-16-12(18)8-6-4-5-7-9-15/h4-11,15H2,1-3H3,(H,16,18)(H,17,19). The number of hydrogen-bond acceptors (Lipinski definition) is 3. The highest BCUT2D eigenvalue weighted by atomic mass is 16.2. The molecular formula is C14H29N3O2. The van der Waals surface area contributed by atoms with Gasteiger partial charge >= 0.3 is 0 Å². The summed E-state index contributed by atoms with van der Waals surface area (Å²) in [6.07, 6.45) is 4.62. The first kappa shape index (κ1) is 17.9. The number of rotatable bonds is 9. The maximum absolute atomic E-state index is 11.5. The highest BCUT2D eigenvalue weighted by Crippen LogP contribution is 2.11. The molecule has 0 aliphatic rings. The summed E-state index contributed by atoms with van der Waals surface area (Å²) < 4.78 is 0. The predicted molar refractivity (Wildman–Crippen MR) is 77.6 cm³/mol. The molecule has 0 aromatic carbocycles. The fraction of sp³-hybridized carbons (Fsp3) is 0.857. The summed E-state index contributed by atoms with van der Waals surface area (Å²) in [5.74, 6) is 0.0567. The largest absolute Gasteiger partial charge is 0.354 e. The lowest BCUT2D eigenvalue weighted by Crippen LogP contribution is -2.39. The van der Waals surface area contributed by atoms with Crippen molar-refractivity contribution in [3.05, 3.63) is 0 Å². The highest BCUT2D eigenvalue weighted by molar-refractivity contribution is 5.81. The molecule has 5 nitrogen and oxygen atoms in total. The van der Waals surface area contributed by atoms with Crippen LogP contribution in [-0.4, -0.2) is 31.4 Å². The number of hydrogen-bond donors (Lipinski definition) is 3. The Balaban J connectivity index is 3.46. The maximum atomic E-state index is 11.5. The molecule has 0 radical (unpaired) electrons. The van der Waals surface area contributed by atoms with Crippen LogP contribution in [0.15, 0.2) is 0 Å². The van der Waals surface area contributed by atoms with Gasteiger partial charge in [0.25, 0.3) is 0 Å². The molecule has 19 heavy (non-hydrogen) atoms. The summed E-state index contributed by atoms with van der Waals surface area (Å²) in [4.78, 5) is 23.0. The predicted octanol–water partition coefficient (Wildman–Crippen LogP) is 1.17. The molecular weight excluding hydrogens is 242 g/mol. The molecule has 112 valence electrons. The summed E-state index contributed by atoms with van der Waals surface area (Å²) in [5, 5.41) is 5.60. The average Bonchev–Trinajstić information content (AvgIpc) is 2.33. The lowest BCUT2D eigenvalue weighted by atomic mass is 9.96. The number of nitrogens with one attached hydrogen (secondary N) is 2. The van der Waals surface area contributed by atoms with Gasteiger partial charge in [0, 0.05) is 24.9 Å². The van der Waals surface area contributed by atoms with Crippen molar-refractivity contribution >= 4 is 11.8 Å². The molecule has 0 fully saturated rings. The Bertz CT molecular complexity index is 272. The summed E-state index contributed by atoms with van der Waals surface area (Å²) in [6.45, 7) is 7.28. The second-order valence-electron chi connectivity index (χ2n) is 5.81. The third-order valence-corrected chi connectivity index (χ3v) is 2.77. The molecule has 0 aromatic heterocycles. The van der Waals surface area contributed by atoms with Crippen LogP contribution in [0.25, 0.3) is 0 Å². The van der Waals surface area contributed by atoms with Gasteiger partial charge in [0.15, 0.2) is 0 Å². The Kier molecular flexibility index (Phi) is 9.21. The monoisotopic (exact) mass is 271 g/mol. The van der Waals surface area contributed by atoms with E-state index in [0.29, 0.717) is 19.5 Å². The van der Waals surface area contributed by atoms with E-state index in [-0.39, 0.29) is 17.2 Å². The molecule has 0 bridgehead atoms. The minimum absolute atomic E-state index is 0.00327. The Morgan fingerprint density at radius 1 is 0.947 bits per heavy atom. The summed E-state index contributed by atoms with van der Waals surface area (Å²) in [7, 11) is 0. The molecule has 0 unspecified atom stereocenters. The van der Waals surface area contributed by atoms with Gasteiger partial charge in [-0.3, -0.25) is 9.59 Å². The lowest BCUT2D eigenvalue weighted by Gasteiger charge is -2.17. The van der Waals surface area contributed by atoms with Gasteiger partial charge in [0.05, 0.1) is 0 Å². The van der Waals surface area contributed by atoms with Gasteiger partial charge in [-0.05, 0) is 19.4 Å². The van der Waals surface area contributed by atoms with Crippen molar-refractivity contribution in [3.8, 4) is 0 Å². The second-order valence-corrected chi connectivity index (χ2v) is 5.81. The van der Waals surface area contributed by atoms with E-state index in [1.807, 2.05) is 20.8 Å². The van der Waals surface area contributed by atoms with Gasteiger partial charge < -0.3 is 16.4 Å². The zero-order valence-corrected chi connectivity index (χ0v) is 12.6. The van der Waals surface area contributed by atoms with Crippen molar-refractivity contribution < 1.29 is 9.59 Å². The summed E-state index contributed by atoms with van der Waals surface area (Å²) in [5.41, 5.74) is 5.01. The van der Waals surface area contributed by atoms with E-state index < -0.39 is 0 Å². The van der Waals surface area contributed by atoms with E-state index in [9.17, 15) is 9.59 Å². The number of carbonyl (C=O) groups excluding carboxylic acids is 2. The van der Waals surface area contributed by atoms with Crippen molar-refractivity contribution in [3.63, 3.8) is 0 Å². The average molecular weight is 271 g/mol. The molecule has 0 heterocycles. The van der Waals surface area contributed by atoms with Gasteiger partial charge in [-0.25, -0.2) is 0 Å². The Labute approximate surface area is 116 Å². The van der Waals surface area contributed by atoms with Crippen molar-refractivity contribution in [2.75, 3.05) is 19.6 Å². The van der Waals surface area contributed by atoms with E-state index >= 15 is 0 Å². The van der Waals surface area contributed by atoms with E-state index in [4.69, 9.17) is 5.73 Å². The van der Waals surface area contributed by atoms with Crippen LogP contribution in [0.3, 0.4) is 0 Å². The Morgan fingerprint density at radius 2 is 1.53 bits per heavy atom. The third-order valence-electron chi connectivity index (χ3n) is 2.77. The van der Waals surface area contributed by atoms with Crippen LogP contribution in [0.2, 0.25) is 0 Å². The van der Waals surface area contributed by atoms with Crippen molar-refractivity contribution in [1.82, 2.24) is 10.6 Å². The van der Waals surface area contributed by atoms with E-state index in [2.05, 4.69) is 10.6 Å². The van der Waals surface area contributed by atoms with Gasteiger partial charge in [0.2, 0.25) is 11.8 Å². The van der Waals surface area contributed by atoms with Gasteiger partial charge in [0.1, 0.15) is 0 Å². The normalized spacial score (nSPS) is 11.2. The highest BCUT2D eigenvalue weighted by Gasteiger charge is 2.20. The quantitative estimate of drug-likeness (QED) is 0.550. The van der Waals surface area contributed by atoms with Crippen molar-refractivity contribution in [2.45, 2.75) is 52.9 Å². The van der Waals surface area contributed by atoms with Gasteiger partial charge in [-0.1, -0.05) is 33.6 Å². The first-order valence-electron chi connectivity index (χ1n) is 7.13. The number of nitrogens with two attached hydrogens (primary N) is 1. The molecule has 0 aliphatic heterocycles. The molecule has 5 heteroatoms. The van der Waals surface area contributed by atoms with Crippen LogP contribution in [-0.2, 0) is 9.59 Å². The SMILES string of the molecule is CC(C)(C)C(=O)NCCNC(=O)CCCCCCN. The molecule has 0 rings (SSSR count). The van der Waals surface area contributed by atoms with Crippen LogP contribution >= 0.6 is 0 Å². The first-order chi connectivity index (χ1) is 8.88. The molecule has 0 saturated carbocycles. The molecule has 0 aliphatic carbocycles. The third kappa shape index (κ3) is 10.5. The molecule has 0 atom stereocenters. The number of carbonyl (C=O) groups is 2. The fourth-order valence-electron chi connectivity index (χ4n) is 1.51. The van der Waals surface area contributed by atoms with Crippen molar-refractivity contribution in [2.24, 2.45) is 11.1 Å². The zero-order valence-electron chi connectivity index (χ0n) is 12.6. The number of amides is 2. The molecule has 0 spiro atoms. The van der Waals surface area contributed by atoms with Crippen LogP contribution in [0.4, 0.5) is 0 Å². The summed E-state index contributed by atoms with van der Waals surface area (Å²) in [6, 6.07) is 0. The molecule has 4 N–H and O–H groups in total. The maximum Gasteiger partial charge on any atom is 0.225 e. The van der Waals surface area contributed by atoms with Crippen LogP contribution in [0, 0.1) is 5.41 Å². The molecule has 0 saturated heterocycles. The second kappa shape index (κ2) is 9.78. The Hall–Kier alpha value is -1.10. The number of unbranched alkanes of at least 4 members (excludes halogenated alkanes) is 3. The summed E-state index contributed by atoms with van der Waals surface area (Å²) >= 11 is 0. The van der Waals surface area contributed by atoms with E-state index in [1.165, 1.54) is 0 Å². The van der Waals surface area contributed by atoms with Crippen molar-refractivity contribution in [1.29, 1.82) is 0 Å². The zero-order chi connectivity index (χ0) is 14.7. The fourth-order valence-corrected chi connectivity index (χ4v) is 1.51. The van der Waals surface area contributed by atoms with Crippen LogP contribution in [0.1, 0.15) is 52.9 Å². The molecule has 2 amide bonds. The lowest BCUT2D eigenvalue weighted by molar-refractivity contribution is -0.128. The topological polar surface area (TPSA) is 84.2 Å². The van der Waals surface area contributed by atoms with Gasteiger partial charge in [-0.15, -0.1) is 0 Å². The minimum Gasteiger partial charge on any atom is -0.354 e. The smallest absolute Gasteiger partial charge is 0.225 e. The van der Waals surface area contributed by atoms with E-state index in [0.717, 1.165) is 32.2 Å². The van der Waals surface area contributed by atoms with Crippen LogP contribution in [0.5, 0.6) is 0 Å². The van der Waals surface area contributed by atoms with Crippen LogP contribution < -0.4 is 16.4 Å². The van der Waals surface area contributed by atoms with Gasteiger partial charge in [-0.2, -0.15) is 0 Å². The first-order valence-corrected chi connectivity index (χ1v) is 7.13. The molecule has 0 aromatic rings. The Morgan fingerprint density at radius 3 is 2.11 bits per heavy atom. The minimum atomic E-state index is -0.382.